The molecule has 3 rings (SSSR count). The number of hydrogen-bond donors (Lipinski definition) is 0. The quantitative estimate of drug-likeness (QED) is 0.369. The van der Waals surface area contributed by atoms with Gasteiger partial charge in [-0.1, -0.05) is 0 Å². The molecule has 0 aliphatic heterocycles. The molecule has 0 amide bonds. The Morgan fingerprint density at radius 2 is 1.96 bits per heavy atom. The molecule has 0 radical (unpaired) electrons. The van der Waals surface area contributed by atoms with Crippen LogP contribution < -0.4 is 4.74 Å². The van der Waals surface area contributed by atoms with Gasteiger partial charge in [-0.2, -0.15) is 0 Å². The third-order valence-electron chi connectivity index (χ3n) is 3.51. The fourth-order valence-corrected chi connectivity index (χ4v) is 4.56. The number of hydrogen-bond acceptors (Lipinski definition) is 4. The molecule has 0 bridgehead atoms. The van der Waals surface area contributed by atoms with Crippen molar-refractivity contribution in [1.82, 2.24) is 0 Å². The molecule has 1 aromatic heterocycles. The van der Waals surface area contributed by atoms with E-state index in [1.807, 2.05) is 30.3 Å². The van der Waals surface area contributed by atoms with Crippen molar-refractivity contribution < 1.29 is 19.1 Å². The van der Waals surface area contributed by atoms with E-state index in [0.717, 1.165) is 21.5 Å². The zero-order valence-electron chi connectivity index (χ0n) is 13.2. The molecular formula is C19H16O4Se. The zero-order valence-corrected chi connectivity index (χ0v) is 14.9. The Bertz CT molecular complexity index is 868. The zero-order chi connectivity index (χ0) is 16.9. The van der Waals surface area contributed by atoms with Gasteiger partial charge >= 0.3 is 145 Å². The third-order valence-corrected chi connectivity index (χ3v) is 5.96. The maximum atomic E-state index is 12.0. The van der Waals surface area contributed by atoms with Crippen LogP contribution >= 0.6 is 0 Å². The van der Waals surface area contributed by atoms with Crippen LogP contribution in [0.5, 0.6) is 5.75 Å². The van der Waals surface area contributed by atoms with Gasteiger partial charge in [-0.15, -0.1) is 0 Å². The van der Waals surface area contributed by atoms with Gasteiger partial charge in [-0.25, -0.2) is 0 Å². The van der Waals surface area contributed by atoms with Crippen LogP contribution in [0.2, 0.25) is 0 Å². The third kappa shape index (κ3) is 3.42. The van der Waals surface area contributed by atoms with Crippen molar-refractivity contribution in [2.75, 3.05) is 6.61 Å². The number of rotatable bonds is 6. The second-order valence-electron chi connectivity index (χ2n) is 5.12. The molecule has 122 valence electrons. The van der Waals surface area contributed by atoms with Gasteiger partial charge in [-0.3, -0.25) is 0 Å². The molecule has 0 aliphatic rings. The first-order valence-electron chi connectivity index (χ1n) is 7.58. The number of carbonyl (C=O) groups is 2. The Hall–Kier alpha value is -2.36. The van der Waals surface area contributed by atoms with Crippen molar-refractivity contribution in [3.8, 4) is 5.75 Å². The van der Waals surface area contributed by atoms with Gasteiger partial charge in [0, 0.05) is 0 Å². The Morgan fingerprint density at radius 1 is 1.17 bits per heavy atom. The summed E-state index contributed by atoms with van der Waals surface area (Å²) in [5.74, 6) is 0.361. The summed E-state index contributed by atoms with van der Waals surface area (Å²) in [6.45, 7) is 2.54. The number of fused-ring (bicyclic) bond motifs is 1. The molecule has 0 saturated heterocycles. The summed E-state index contributed by atoms with van der Waals surface area (Å²) in [6, 6.07) is 15.2. The summed E-state index contributed by atoms with van der Waals surface area (Å²) in [7, 11) is 0. The molecule has 1 heterocycles. The predicted octanol–water partition coefficient (Wildman–Crippen LogP) is 3.47. The second-order valence-corrected chi connectivity index (χ2v) is 7.33. The summed E-state index contributed by atoms with van der Waals surface area (Å²) in [4.78, 5) is 23.3. The number of benzene rings is 2. The van der Waals surface area contributed by atoms with E-state index in [-0.39, 0.29) is 20.5 Å². The SMILES string of the molecule is CCOC(=O)c1cc2c(OCc3ccccc3)ccc(C=O)c2[se]1. The summed E-state index contributed by atoms with van der Waals surface area (Å²) < 4.78 is 12.5. The molecule has 0 N–H and O–H groups in total. The van der Waals surface area contributed by atoms with E-state index in [1.165, 1.54) is 0 Å². The van der Waals surface area contributed by atoms with Crippen molar-refractivity contribution in [3.05, 3.63) is 64.1 Å². The van der Waals surface area contributed by atoms with Gasteiger partial charge in [0.25, 0.3) is 0 Å². The van der Waals surface area contributed by atoms with Crippen LogP contribution in [0.25, 0.3) is 9.65 Å². The Labute approximate surface area is 145 Å². The average Bonchev–Trinajstić information content (AvgIpc) is 3.06. The summed E-state index contributed by atoms with van der Waals surface area (Å²) in [5, 5.41) is 0.818. The molecule has 0 unspecified atom stereocenters. The first-order valence-corrected chi connectivity index (χ1v) is 9.29. The van der Waals surface area contributed by atoms with Gasteiger partial charge in [0.1, 0.15) is 0 Å². The van der Waals surface area contributed by atoms with Gasteiger partial charge in [0.2, 0.25) is 0 Å². The topological polar surface area (TPSA) is 52.6 Å². The Morgan fingerprint density at radius 3 is 2.67 bits per heavy atom. The molecule has 2 aromatic carbocycles. The van der Waals surface area contributed by atoms with Crippen molar-refractivity contribution in [1.29, 1.82) is 0 Å². The molecule has 0 atom stereocenters. The first-order chi connectivity index (χ1) is 11.7. The van der Waals surface area contributed by atoms with Gasteiger partial charge in [0.15, 0.2) is 0 Å². The molecule has 4 nitrogen and oxygen atoms in total. The van der Waals surface area contributed by atoms with E-state index >= 15 is 0 Å². The van der Waals surface area contributed by atoms with Crippen molar-refractivity contribution in [3.63, 3.8) is 0 Å². The number of esters is 1. The van der Waals surface area contributed by atoms with Crippen LogP contribution in [0.4, 0.5) is 0 Å². The Balaban J connectivity index is 1.95. The average molecular weight is 387 g/mol. The van der Waals surface area contributed by atoms with E-state index in [9.17, 15) is 9.59 Å². The summed E-state index contributed by atoms with van der Waals surface area (Å²) in [5.41, 5.74) is 1.66. The fraction of sp³-hybridized carbons (Fsp3) is 0.158. The van der Waals surface area contributed by atoms with Crippen molar-refractivity contribution in [2.24, 2.45) is 0 Å². The van der Waals surface area contributed by atoms with Crippen LogP contribution in [0.3, 0.4) is 0 Å². The molecule has 3 aromatic rings. The van der Waals surface area contributed by atoms with E-state index in [2.05, 4.69) is 0 Å². The van der Waals surface area contributed by atoms with Crippen LogP contribution in [0, 0.1) is 0 Å². The monoisotopic (exact) mass is 388 g/mol. The van der Waals surface area contributed by atoms with Gasteiger partial charge in [-0.05, 0) is 0 Å². The second kappa shape index (κ2) is 7.47. The molecule has 24 heavy (non-hydrogen) atoms. The van der Waals surface area contributed by atoms with E-state index < -0.39 is 0 Å². The standard InChI is InChI=1S/C19H16O4Se/c1-2-22-19(21)17-10-15-16(9-8-14(11-20)18(15)24-17)23-12-13-6-4-3-5-7-13/h3-11H,2,12H2,1H3. The maximum absolute atomic E-state index is 12.0. The summed E-state index contributed by atoms with van der Waals surface area (Å²) >= 11 is -0.246. The number of aldehydes is 1. The minimum atomic E-state index is -0.320. The normalized spacial score (nSPS) is 10.5. The first kappa shape index (κ1) is 16.5. The van der Waals surface area contributed by atoms with Crippen LogP contribution in [-0.2, 0) is 11.3 Å². The van der Waals surface area contributed by atoms with Crippen molar-refractivity contribution in [2.45, 2.75) is 13.5 Å². The number of carbonyl (C=O) groups excluding carboxylic acids is 2. The van der Waals surface area contributed by atoms with Crippen LogP contribution in [-0.4, -0.2) is 33.4 Å². The van der Waals surface area contributed by atoms with E-state index in [0.29, 0.717) is 29.0 Å². The molecule has 5 heteroatoms. The molecule has 0 spiro atoms. The van der Waals surface area contributed by atoms with E-state index in [4.69, 9.17) is 9.47 Å². The minimum absolute atomic E-state index is 0.246. The molecule has 0 aliphatic carbocycles. The Kier molecular flexibility index (Phi) is 5.14. The summed E-state index contributed by atoms with van der Waals surface area (Å²) in [6.07, 6.45) is 0.823. The van der Waals surface area contributed by atoms with E-state index in [1.54, 1.807) is 25.1 Å². The number of ether oxygens (including phenoxy) is 2. The van der Waals surface area contributed by atoms with Crippen LogP contribution in [0.1, 0.15) is 32.1 Å². The van der Waals surface area contributed by atoms with Gasteiger partial charge in [0.05, 0.1) is 0 Å². The van der Waals surface area contributed by atoms with Crippen LogP contribution in [0.15, 0.2) is 48.5 Å². The molecule has 0 saturated carbocycles. The van der Waals surface area contributed by atoms with Gasteiger partial charge < -0.3 is 0 Å². The molecule has 0 fully saturated rings. The van der Waals surface area contributed by atoms with Crippen molar-refractivity contribution >= 4 is 36.4 Å². The molecular weight excluding hydrogens is 371 g/mol. The fourth-order valence-electron chi connectivity index (χ4n) is 2.38. The predicted molar refractivity (Wildman–Crippen MR) is 93.0 cm³/mol.